The molecule has 1 aliphatic carbocycles. The molecule has 0 amide bonds. The number of nitriles is 1. The molecule has 0 atom stereocenters. The Balaban J connectivity index is 1.94. The van der Waals surface area contributed by atoms with Gasteiger partial charge in [-0.05, 0) is 31.7 Å². The predicted molar refractivity (Wildman–Crippen MR) is 61.1 cm³/mol. The van der Waals surface area contributed by atoms with Crippen molar-refractivity contribution in [2.45, 2.75) is 44.6 Å². The molecule has 0 aliphatic heterocycles. The Bertz CT molecular complexity index is 359. The fraction of sp³-hybridized carbons (Fsp3) is 0.538. The first kappa shape index (κ1) is 10.9. The Morgan fingerprint density at radius 2 is 1.94 bits per heavy atom. The third-order valence-corrected chi connectivity index (χ3v) is 2.96. The van der Waals surface area contributed by atoms with E-state index in [2.05, 4.69) is 4.98 Å². The third-order valence-electron chi connectivity index (χ3n) is 2.96. The van der Waals surface area contributed by atoms with Gasteiger partial charge in [-0.15, -0.1) is 0 Å². The summed E-state index contributed by atoms with van der Waals surface area (Å²) in [6.07, 6.45) is 9.27. The van der Waals surface area contributed by atoms with Crippen molar-refractivity contribution in [2.24, 2.45) is 0 Å². The highest BCUT2D eigenvalue weighted by atomic mass is 16.5. The van der Waals surface area contributed by atoms with Crippen LogP contribution in [-0.2, 0) is 0 Å². The van der Waals surface area contributed by atoms with Crippen molar-refractivity contribution in [1.82, 2.24) is 4.98 Å². The monoisotopic (exact) mass is 216 g/mol. The minimum Gasteiger partial charge on any atom is -0.474 e. The number of pyridine rings is 1. The lowest BCUT2D eigenvalue weighted by molar-refractivity contribution is 0.176. The zero-order chi connectivity index (χ0) is 11.2. The fourth-order valence-electron chi connectivity index (χ4n) is 2.05. The van der Waals surface area contributed by atoms with E-state index in [-0.39, 0.29) is 0 Å². The second kappa shape index (κ2) is 5.50. The maximum absolute atomic E-state index is 8.66. The minimum atomic E-state index is 0.308. The molecule has 16 heavy (non-hydrogen) atoms. The highest BCUT2D eigenvalue weighted by Crippen LogP contribution is 2.21. The zero-order valence-electron chi connectivity index (χ0n) is 9.35. The van der Waals surface area contributed by atoms with Crippen molar-refractivity contribution in [3.05, 3.63) is 23.9 Å². The van der Waals surface area contributed by atoms with Crippen molar-refractivity contribution in [3.8, 4) is 11.9 Å². The van der Waals surface area contributed by atoms with Crippen molar-refractivity contribution in [1.29, 1.82) is 5.26 Å². The van der Waals surface area contributed by atoms with Crippen LogP contribution in [0.4, 0.5) is 0 Å². The number of aromatic nitrogens is 1. The molecule has 2 rings (SSSR count). The van der Waals surface area contributed by atoms with E-state index in [4.69, 9.17) is 10.00 Å². The fourth-order valence-corrected chi connectivity index (χ4v) is 2.05. The van der Waals surface area contributed by atoms with Gasteiger partial charge in [-0.25, -0.2) is 4.98 Å². The van der Waals surface area contributed by atoms with Crippen LogP contribution in [0.5, 0.6) is 5.88 Å². The molecule has 0 bridgehead atoms. The lowest BCUT2D eigenvalue weighted by Gasteiger charge is -2.15. The van der Waals surface area contributed by atoms with Gasteiger partial charge in [0.15, 0.2) is 0 Å². The Morgan fingerprint density at radius 1 is 1.19 bits per heavy atom. The van der Waals surface area contributed by atoms with E-state index >= 15 is 0 Å². The quantitative estimate of drug-likeness (QED) is 0.714. The summed E-state index contributed by atoms with van der Waals surface area (Å²) in [5.41, 5.74) is 0.577. The molecule has 0 spiro atoms. The highest BCUT2D eigenvalue weighted by Gasteiger charge is 2.13. The van der Waals surface area contributed by atoms with Crippen LogP contribution >= 0.6 is 0 Å². The predicted octanol–water partition coefficient (Wildman–Crippen LogP) is 3.05. The van der Waals surface area contributed by atoms with Crippen LogP contribution in [0.15, 0.2) is 18.3 Å². The summed E-state index contributed by atoms with van der Waals surface area (Å²) >= 11 is 0. The SMILES string of the molecule is N#Cc1ccc(OC2CCCCCC2)nc1. The van der Waals surface area contributed by atoms with Crippen molar-refractivity contribution in [2.75, 3.05) is 0 Å². The summed E-state index contributed by atoms with van der Waals surface area (Å²) in [5.74, 6) is 0.644. The second-order valence-electron chi connectivity index (χ2n) is 4.23. The van der Waals surface area contributed by atoms with E-state index in [0.717, 1.165) is 12.8 Å². The van der Waals surface area contributed by atoms with Gasteiger partial charge in [0, 0.05) is 12.3 Å². The topological polar surface area (TPSA) is 45.9 Å². The second-order valence-corrected chi connectivity index (χ2v) is 4.23. The average molecular weight is 216 g/mol. The molecule has 0 N–H and O–H groups in total. The maximum atomic E-state index is 8.66. The van der Waals surface area contributed by atoms with Gasteiger partial charge < -0.3 is 4.74 Å². The van der Waals surface area contributed by atoms with Crippen LogP contribution in [0.1, 0.15) is 44.1 Å². The Labute approximate surface area is 96.1 Å². The molecular weight excluding hydrogens is 200 g/mol. The Morgan fingerprint density at radius 3 is 2.50 bits per heavy atom. The van der Waals surface area contributed by atoms with Gasteiger partial charge in [0.1, 0.15) is 12.2 Å². The Hall–Kier alpha value is -1.56. The number of hydrogen-bond donors (Lipinski definition) is 0. The molecule has 1 aromatic heterocycles. The lowest BCUT2D eigenvalue weighted by atomic mass is 10.1. The van der Waals surface area contributed by atoms with Gasteiger partial charge in [0.05, 0.1) is 5.56 Å². The van der Waals surface area contributed by atoms with Gasteiger partial charge >= 0.3 is 0 Å². The van der Waals surface area contributed by atoms with Crippen LogP contribution < -0.4 is 4.74 Å². The molecule has 84 valence electrons. The smallest absolute Gasteiger partial charge is 0.213 e. The summed E-state index contributed by atoms with van der Waals surface area (Å²) in [6.45, 7) is 0. The molecule has 0 saturated heterocycles. The third kappa shape index (κ3) is 2.96. The first-order chi connectivity index (χ1) is 7.88. The molecule has 1 aliphatic rings. The molecule has 1 heterocycles. The molecule has 0 unspecified atom stereocenters. The molecule has 3 heteroatoms. The van der Waals surface area contributed by atoms with Gasteiger partial charge in [0.25, 0.3) is 0 Å². The normalized spacial score (nSPS) is 17.4. The van der Waals surface area contributed by atoms with Gasteiger partial charge in [-0.2, -0.15) is 5.26 Å². The standard InChI is InChI=1S/C13H16N2O/c14-9-11-7-8-13(15-10-11)16-12-5-3-1-2-4-6-12/h7-8,10,12H,1-6H2. The summed E-state index contributed by atoms with van der Waals surface area (Å²) in [4.78, 5) is 4.13. The first-order valence-corrected chi connectivity index (χ1v) is 5.91. The van der Waals surface area contributed by atoms with Crippen LogP contribution in [0, 0.1) is 11.3 Å². The summed E-state index contributed by atoms with van der Waals surface area (Å²) in [5, 5.41) is 8.66. The van der Waals surface area contributed by atoms with E-state index < -0.39 is 0 Å². The van der Waals surface area contributed by atoms with Gasteiger partial charge in [-0.1, -0.05) is 12.8 Å². The number of rotatable bonds is 2. The van der Waals surface area contributed by atoms with Crippen molar-refractivity contribution in [3.63, 3.8) is 0 Å². The van der Waals surface area contributed by atoms with Crippen LogP contribution in [0.25, 0.3) is 0 Å². The average Bonchev–Trinajstić information content (AvgIpc) is 2.59. The van der Waals surface area contributed by atoms with Crippen LogP contribution in [0.2, 0.25) is 0 Å². The molecule has 1 aromatic rings. The van der Waals surface area contributed by atoms with E-state index in [1.165, 1.54) is 25.7 Å². The maximum Gasteiger partial charge on any atom is 0.213 e. The van der Waals surface area contributed by atoms with E-state index in [1.54, 1.807) is 18.3 Å². The number of nitrogens with zero attached hydrogens (tertiary/aromatic N) is 2. The molecule has 0 aromatic carbocycles. The van der Waals surface area contributed by atoms with Gasteiger partial charge in [-0.3, -0.25) is 0 Å². The minimum absolute atomic E-state index is 0.308. The largest absolute Gasteiger partial charge is 0.474 e. The number of ether oxygens (including phenoxy) is 1. The molecule has 0 radical (unpaired) electrons. The van der Waals surface area contributed by atoms with E-state index in [9.17, 15) is 0 Å². The molecular formula is C13H16N2O. The van der Waals surface area contributed by atoms with Crippen molar-refractivity contribution < 1.29 is 4.74 Å². The lowest BCUT2D eigenvalue weighted by Crippen LogP contribution is -2.15. The van der Waals surface area contributed by atoms with Gasteiger partial charge in [0.2, 0.25) is 5.88 Å². The Kier molecular flexibility index (Phi) is 3.76. The zero-order valence-corrected chi connectivity index (χ0v) is 9.35. The van der Waals surface area contributed by atoms with E-state index in [1.807, 2.05) is 6.07 Å². The first-order valence-electron chi connectivity index (χ1n) is 5.91. The van der Waals surface area contributed by atoms with Crippen molar-refractivity contribution >= 4 is 0 Å². The summed E-state index contributed by atoms with van der Waals surface area (Å²) in [7, 11) is 0. The highest BCUT2D eigenvalue weighted by molar-refractivity contribution is 5.28. The summed E-state index contributed by atoms with van der Waals surface area (Å²) < 4.78 is 5.81. The number of hydrogen-bond acceptors (Lipinski definition) is 3. The van der Waals surface area contributed by atoms with E-state index in [0.29, 0.717) is 17.5 Å². The molecule has 1 saturated carbocycles. The summed E-state index contributed by atoms with van der Waals surface area (Å²) in [6, 6.07) is 5.58. The molecule has 3 nitrogen and oxygen atoms in total. The van der Waals surface area contributed by atoms with Crippen LogP contribution in [0.3, 0.4) is 0 Å². The van der Waals surface area contributed by atoms with Crippen LogP contribution in [-0.4, -0.2) is 11.1 Å². The molecule has 1 fully saturated rings.